The predicted octanol–water partition coefficient (Wildman–Crippen LogP) is 0.433. The normalized spacial score (nSPS) is 15.5. The zero-order chi connectivity index (χ0) is 26.0. The largest absolute Gasteiger partial charge is 0.508 e. The molecule has 1 aromatic rings. The minimum Gasteiger partial charge on any atom is -0.508 e. The maximum absolute atomic E-state index is 13.2. The highest BCUT2D eigenvalue weighted by atomic mass is 32.1. The lowest BCUT2D eigenvalue weighted by atomic mass is 9.96. The number of phenolic OH excluding ortho intramolecular Hbond substituents is 1. The number of rotatable bonds is 13. The van der Waals surface area contributed by atoms with Crippen molar-refractivity contribution in [3.05, 3.63) is 29.8 Å². The number of hydrogen-bond acceptors (Lipinski definition) is 7. The highest BCUT2D eigenvalue weighted by Gasteiger charge is 2.32. The van der Waals surface area contributed by atoms with Gasteiger partial charge in [0.1, 0.15) is 23.9 Å². The molecule has 0 fully saturated rings. The van der Waals surface area contributed by atoms with Gasteiger partial charge in [-0.05, 0) is 29.5 Å². The zero-order valence-corrected chi connectivity index (χ0v) is 20.8. The van der Waals surface area contributed by atoms with Crippen molar-refractivity contribution in [1.29, 1.82) is 0 Å². The van der Waals surface area contributed by atoms with Gasteiger partial charge in [0.15, 0.2) is 0 Å². The van der Waals surface area contributed by atoms with Crippen LogP contribution in [0.4, 0.5) is 0 Å². The van der Waals surface area contributed by atoms with Crippen LogP contribution in [0.1, 0.15) is 39.7 Å². The molecule has 0 aliphatic carbocycles. The number of thiol groups is 1. The lowest BCUT2D eigenvalue weighted by Crippen LogP contribution is -2.59. The van der Waals surface area contributed by atoms with E-state index in [0.717, 1.165) is 0 Å². The molecule has 34 heavy (non-hydrogen) atoms. The third kappa shape index (κ3) is 8.86. The molecule has 0 heterocycles. The Labute approximate surface area is 205 Å². The molecule has 0 radical (unpaired) electrons. The standard InChI is InChI=1S/C23H36N4O6S/c1-5-13(4)19(27-21(30)18(24)12(2)3)22(31)25-16(10-14-6-8-15(28)9-7-14)20(29)26-17(11-34)23(32)33/h6-9,12-13,16-19,28,34H,5,10-11,24H2,1-4H3,(H,25,31)(H,26,29)(H,27,30)(H,32,33). The van der Waals surface area contributed by atoms with Crippen LogP contribution in [0.15, 0.2) is 24.3 Å². The maximum atomic E-state index is 13.2. The average Bonchev–Trinajstić information content (AvgIpc) is 2.79. The van der Waals surface area contributed by atoms with Gasteiger partial charge in [-0.3, -0.25) is 14.4 Å². The summed E-state index contributed by atoms with van der Waals surface area (Å²) in [5, 5.41) is 26.5. The van der Waals surface area contributed by atoms with Gasteiger partial charge >= 0.3 is 5.97 Å². The smallest absolute Gasteiger partial charge is 0.327 e. The van der Waals surface area contributed by atoms with Crippen LogP contribution in [-0.4, -0.2) is 63.8 Å². The molecule has 5 atom stereocenters. The minimum absolute atomic E-state index is 0.0312. The van der Waals surface area contributed by atoms with Crippen molar-refractivity contribution in [3.63, 3.8) is 0 Å². The fourth-order valence-electron chi connectivity index (χ4n) is 3.05. The van der Waals surface area contributed by atoms with Gasteiger partial charge in [0, 0.05) is 12.2 Å². The molecule has 0 spiro atoms. The molecule has 5 unspecified atom stereocenters. The van der Waals surface area contributed by atoms with E-state index in [4.69, 9.17) is 5.73 Å². The van der Waals surface area contributed by atoms with Gasteiger partial charge in [-0.15, -0.1) is 0 Å². The van der Waals surface area contributed by atoms with Crippen LogP contribution < -0.4 is 21.7 Å². The van der Waals surface area contributed by atoms with Gasteiger partial charge in [0.05, 0.1) is 6.04 Å². The molecular weight excluding hydrogens is 460 g/mol. The first-order valence-corrected chi connectivity index (χ1v) is 11.8. The number of carboxylic acids is 1. The van der Waals surface area contributed by atoms with Crippen LogP contribution in [-0.2, 0) is 25.6 Å². The lowest BCUT2D eigenvalue weighted by molar-refractivity contribution is -0.141. The van der Waals surface area contributed by atoms with Crippen molar-refractivity contribution in [1.82, 2.24) is 16.0 Å². The molecule has 1 rings (SSSR count). The van der Waals surface area contributed by atoms with Gasteiger partial charge < -0.3 is 31.9 Å². The molecule has 3 amide bonds. The Morgan fingerprint density at radius 1 is 0.941 bits per heavy atom. The van der Waals surface area contributed by atoms with E-state index in [0.29, 0.717) is 12.0 Å². The first-order chi connectivity index (χ1) is 15.9. The van der Waals surface area contributed by atoms with Crippen LogP contribution in [0.2, 0.25) is 0 Å². The quantitative estimate of drug-likeness (QED) is 0.194. The Morgan fingerprint density at radius 2 is 1.50 bits per heavy atom. The Morgan fingerprint density at radius 3 is 1.97 bits per heavy atom. The molecule has 0 bridgehead atoms. The second-order valence-electron chi connectivity index (χ2n) is 8.66. The predicted molar refractivity (Wildman–Crippen MR) is 131 cm³/mol. The molecule has 190 valence electrons. The molecule has 7 N–H and O–H groups in total. The summed E-state index contributed by atoms with van der Waals surface area (Å²) in [5.41, 5.74) is 6.55. The third-order valence-corrected chi connectivity index (χ3v) is 5.99. The average molecular weight is 497 g/mol. The Balaban J connectivity index is 3.15. The molecule has 1 aromatic carbocycles. The van der Waals surface area contributed by atoms with Crippen molar-refractivity contribution in [2.75, 3.05) is 5.75 Å². The number of hydrogen-bond donors (Lipinski definition) is 7. The van der Waals surface area contributed by atoms with Gasteiger partial charge in [-0.1, -0.05) is 46.2 Å². The Kier molecular flexibility index (Phi) is 11.9. The number of carbonyl (C=O) groups excluding carboxylic acids is 3. The van der Waals surface area contributed by atoms with Crippen molar-refractivity contribution < 1.29 is 29.4 Å². The zero-order valence-electron chi connectivity index (χ0n) is 19.9. The number of carboxylic acid groups (broad SMARTS) is 1. The van der Waals surface area contributed by atoms with Crippen LogP contribution in [0.3, 0.4) is 0 Å². The number of amides is 3. The number of aromatic hydroxyl groups is 1. The van der Waals surface area contributed by atoms with Crippen LogP contribution in [0, 0.1) is 11.8 Å². The SMILES string of the molecule is CCC(C)C(NC(=O)C(N)C(C)C)C(=O)NC(Cc1ccc(O)cc1)C(=O)NC(CS)C(=O)O. The summed E-state index contributed by atoms with van der Waals surface area (Å²) in [6, 6.07) is 1.92. The molecule has 10 nitrogen and oxygen atoms in total. The number of benzene rings is 1. The second-order valence-corrected chi connectivity index (χ2v) is 9.02. The molecular formula is C23H36N4O6S. The third-order valence-electron chi connectivity index (χ3n) is 5.62. The van der Waals surface area contributed by atoms with E-state index in [1.165, 1.54) is 12.1 Å². The number of nitrogens with one attached hydrogen (secondary N) is 3. The van der Waals surface area contributed by atoms with Crippen molar-refractivity contribution in [2.24, 2.45) is 17.6 Å². The Bertz CT molecular complexity index is 848. The summed E-state index contributed by atoms with van der Waals surface area (Å²) in [6.45, 7) is 7.24. The highest BCUT2D eigenvalue weighted by Crippen LogP contribution is 2.13. The van der Waals surface area contributed by atoms with Crippen molar-refractivity contribution >= 4 is 36.3 Å². The second kappa shape index (κ2) is 13.8. The summed E-state index contributed by atoms with van der Waals surface area (Å²) >= 11 is 3.95. The summed E-state index contributed by atoms with van der Waals surface area (Å²) in [5.74, 6) is -3.53. The van der Waals surface area contributed by atoms with E-state index in [1.54, 1.807) is 32.9 Å². The van der Waals surface area contributed by atoms with E-state index in [1.807, 2.05) is 6.92 Å². The van der Waals surface area contributed by atoms with E-state index in [9.17, 15) is 29.4 Å². The monoisotopic (exact) mass is 496 g/mol. The van der Waals surface area contributed by atoms with Crippen LogP contribution in [0.5, 0.6) is 5.75 Å². The van der Waals surface area contributed by atoms with Crippen LogP contribution >= 0.6 is 12.6 Å². The van der Waals surface area contributed by atoms with E-state index in [2.05, 4.69) is 28.6 Å². The molecule has 0 saturated carbocycles. The fraction of sp³-hybridized carbons (Fsp3) is 0.565. The van der Waals surface area contributed by atoms with E-state index in [-0.39, 0.29) is 29.8 Å². The molecule has 0 aliphatic heterocycles. The fourth-order valence-corrected chi connectivity index (χ4v) is 3.30. The summed E-state index contributed by atoms with van der Waals surface area (Å²) in [6.07, 6.45) is 0.605. The molecule has 0 aliphatic rings. The minimum atomic E-state index is -1.26. The number of phenols is 1. The van der Waals surface area contributed by atoms with Gasteiger partial charge in [-0.2, -0.15) is 12.6 Å². The molecule has 0 aromatic heterocycles. The summed E-state index contributed by atoms with van der Waals surface area (Å²) in [7, 11) is 0. The lowest BCUT2D eigenvalue weighted by Gasteiger charge is -2.28. The highest BCUT2D eigenvalue weighted by molar-refractivity contribution is 7.80. The molecule has 11 heteroatoms. The summed E-state index contributed by atoms with van der Waals surface area (Å²) in [4.78, 5) is 50.0. The number of nitrogens with two attached hydrogens (primary N) is 1. The molecule has 0 saturated heterocycles. The van der Waals surface area contributed by atoms with Crippen molar-refractivity contribution in [2.45, 2.75) is 64.7 Å². The van der Waals surface area contributed by atoms with Crippen molar-refractivity contribution in [3.8, 4) is 5.75 Å². The number of carbonyl (C=O) groups is 4. The van der Waals surface area contributed by atoms with Crippen LogP contribution in [0.25, 0.3) is 0 Å². The van der Waals surface area contributed by atoms with E-state index < -0.39 is 47.9 Å². The van der Waals surface area contributed by atoms with E-state index >= 15 is 0 Å². The first kappa shape index (κ1) is 29.2. The first-order valence-electron chi connectivity index (χ1n) is 11.2. The van der Waals surface area contributed by atoms with Gasteiger partial charge in [0.2, 0.25) is 17.7 Å². The topological polar surface area (TPSA) is 171 Å². The summed E-state index contributed by atoms with van der Waals surface area (Å²) < 4.78 is 0. The maximum Gasteiger partial charge on any atom is 0.327 e. The Hall–Kier alpha value is -2.79. The van der Waals surface area contributed by atoms with Gasteiger partial charge in [0.25, 0.3) is 0 Å². The van der Waals surface area contributed by atoms with Gasteiger partial charge in [-0.25, -0.2) is 4.79 Å². The number of aliphatic carboxylic acids is 1.